The highest BCUT2D eigenvalue weighted by Gasteiger charge is 2.19. The van der Waals surface area contributed by atoms with Crippen LogP contribution < -0.4 is 14.2 Å². The molecule has 0 saturated carbocycles. The molecule has 0 amide bonds. The second kappa shape index (κ2) is 9.50. The smallest absolute Gasteiger partial charge is 0.330 e. The fourth-order valence-corrected chi connectivity index (χ4v) is 1.89. The predicted molar refractivity (Wildman–Crippen MR) is 85.4 cm³/mol. The minimum Gasteiger partial charge on any atom is -0.494 e. The summed E-state index contributed by atoms with van der Waals surface area (Å²) in [6.07, 6.45) is 2.19. The molecule has 0 radical (unpaired) electrons. The zero-order chi connectivity index (χ0) is 17.2. The lowest BCUT2D eigenvalue weighted by molar-refractivity contribution is -0.134. The van der Waals surface area contributed by atoms with Gasteiger partial charge in [0.1, 0.15) is 22.8 Å². The number of esters is 1. The zero-order valence-electron chi connectivity index (χ0n) is 13.9. The highest BCUT2D eigenvalue weighted by Crippen LogP contribution is 2.35. The van der Waals surface area contributed by atoms with Gasteiger partial charge in [0, 0.05) is 18.2 Å². The summed E-state index contributed by atoms with van der Waals surface area (Å²) < 4.78 is 21.0. The zero-order valence-corrected chi connectivity index (χ0v) is 13.9. The first-order valence-corrected chi connectivity index (χ1v) is 7.44. The van der Waals surface area contributed by atoms with Gasteiger partial charge in [-0.05, 0) is 26.8 Å². The van der Waals surface area contributed by atoms with E-state index in [0.717, 1.165) is 12.2 Å². The summed E-state index contributed by atoms with van der Waals surface area (Å²) in [5.41, 5.74) is 0.248. The van der Waals surface area contributed by atoms with E-state index in [0.29, 0.717) is 37.1 Å². The summed E-state index contributed by atoms with van der Waals surface area (Å²) in [5.74, 6) is 0.223. The Kier molecular flexibility index (Phi) is 7.66. The molecule has 0 bridgehead atoms. The first-order chi connectivity index (χ1) is 11.1. The van der Waals surface area contributed by atoms with Gasteiger partial charge in [0.05, 0.1) is 26.9 Å². The fraction of sp³-hybridized carbons (Fsp3) is 0.412. The van der Waals surface area contributed by atoms with Gasteiger partial charge < -0.3 is 18.9 Å². The lowest BCUT2D eigenvalue weighted by Gasteiger charge is -2.15. The number of benzene rings is 1. The van der Waals surface area contributed by atoms with Crippen LogP contribution in [0, 0.1) is 0 Å². The number of hydrogen-bond acceptors (Lipinski definition) is 6. The number of ether oxygens (including phenoxy) is 4. The molecule has 0 aromatic heterocycles. The van der Waals surface area contributed by atoms with Crippen LogP contribution in [-0.2, 0) is 9.53 Å². The number of hydrogen-bond donors (Lipinski definition) is 0. The Bertz CT molecular complexity index is 549. The molecule has 1 aromatic rings. The highest BCUT2D eigenvalue weighted by molar-refractivity contribution is 6.10. The van der Waals surface area contributed by atoms with E-state index in [4.69, 9.17) is 14.2 Å². The van der Waals surface area contributed by atoms with E-state index in [1.54, 1.807) is 12.1 Å². The largest absolute Gasteiger partial charge is 0.494 e. The van der Waals surface area contributed by atoms with Crippen LogP contribution in [0.2, 0.25) is 0 Å². The van der Waals surface area contributed by atoms with Crippen LogP contribution in [0.4, 0.5) is 0 Å². The molecule has 0 aliphatic carbocycles. The minimum absolute atomic E-state index is 0.248. The number of ketones is 1. The summed E-state index contributed by atoms with van der Waals surface area (Å²) in [6, 6.07) is 3.27. The van der Waals surface area contributed by atoms with Gasteiger partial charge in [-0.25, -0.2) is 4.79 Å². The maximum Gasteiger partial charge on any atom is 0.330 e. The minimum atomic E-state index is -0.611. The lowest BCUT2D eigenvalue weighted by Crippen LogP contribution is -2.08. The molecule has 126 valence electrons. The predicted octanol–water partition coefficient (Wildman–Crippen LogP) is 2.79. The Morgan fingerprint density at radius 2 is 1.43 bits per heavy atom. The summed E-state index contributed by atoms with van der Waals surface area (Å²) in [6.45, 7) is 6.72. The molecule has 6 nitrogen and oxygen atoms in total. The third-order valence-corrected chi connectivity index (χ3v) is 2.77. The standard InChI is InChI=1S/C17H22O6/c1-5-21-12-10-14(22-6-2)17(15(11-12)23-7-3)13(18)8-9-16(19)20-4/h8-11H,5-7H2,1-4H3/b9-8-. The van der Waals surface area contributed by atoms with Crippen molar-refractivity contribution in [2.75, 3.05) is 26.9 Å². The van der Waals surface area contributed by atoms with Gasteiger partial charge in [0.25, 0.3) is 0 Å². The lowest BCUT2D eigenvalue weighted by atomic mass is 10.1. The number of rotatable bonds is 9. The molecule has 0 saturated heterocycles. The molecule has 1 aromatic carbocycles. The normalized spacial score (nSPS) is 10.4. The van der Waals surface area contributed by atoms with Gasteiger partial charge in [-0.2, -0.15) is 0 Å². The van der Waals surface area contributed by atoms with Crippen molar-refractivity contribution in [3.8, 4) is 17.2 Å². The maximum atomic E-state index is 12.4. The van der Waals surface area contributed by atoms with Crippen molar-refractivity contribution in [1.29, 1.82) is 0 Å². The third-order valence-electron chi connectivity index (χ3n) is 2.77. The number of carbonyl (C=O) groups excluding carboxylic acids is 2. The summed E-state index contributed by atoms with van der Waals surface area (Å²) in [5, 5.41) is 0. The van der Waals surface area contributed by atoms with Crippen LogP contribution in [0.5, 0.6) is 17.2 Å². The van der Waals surface area contributed by atoms with E-state index >= 15 is 0 Å². The molecule has 0 atom stereocenters. The van der Waals surface area contributed by atoms with Crippen molar-refractivity contribution in [3.05, 3.63) is 29.8 Å². The Morgan fingerprint density at radius 1 is 0.913 bits per heavy atom. The maximum absolute atomic E-state index is 12.4. The molecular weight excluding hydrogens is 300 g/mol. The first-order valence-electron chi connectivity index (χ1n) is 7.44. The van der Waals surface area contributed by atoms with Gasteiger partial charge in [0.2, 0.25) is 0 Å². The molecule has 0 N–H and O–H groups in total. The second-order valence-electron chi connectivity index (χ2n) is 4.31. The Morgan fingerprint density at radius 3 is 1.87 bits per heavy atom. The highest BCUT2D eigenvalue weighted by atomic mass is 16.5. The number of allylic oxidation sites excluding steroid dienone is 1. The van der Waals surface area contributed by atoms with Gasteiger partial charge >= 0.3 is 5.97 Å². The molecule has 6 heteroatoms. The van der Waals surface area contributed by atoms with E-state index in [1.165, 1.54) is 7.11 Å². The molecule has 0 unspecified atom stereocenters. The summed E-state index contributed by atoms with van der Waals surface area (Å²) >= 11 is 0. The van der Waals surface area contributed by atoms with Crippen molar-refractivity contribution >= 4 is 11.8 Å². The molecular formula is C17H22O6. The van der Waals surface area contributed by atoms with Gasteiger partial charge in [-0.15, -0.1) is 0 Å². The van der Waals surface area contributed by atoms with E-state index in [2.05, 4.69) is 4.74 Å². The van der Waals surface area contributed by atoms with Crippen LogP contribution in [-0.4, -0.2) is 38.7 Å². The molecule has 1 rings (SSSR count). The number of methoxy groups -OCH3 is 1. The van der Waals surface area contributed by atoms with E-state index in [1.807, 2.05) is 20.8 Å². The van der Waals surface area contributed by atoms with Crippen LogP contribution in [0.3, 0.4) is 0 Å². The SMILES string of the molecule is CCOc1cc(OCC)c(C(=O)/C=C\C(=O)OC)c(OCC)c1. The second-order valence-corrected chi connectivity index (χ2v) is 4.31. The Balaban J connectivity index is 3.31. The fourth-order valence-electron chi connectivity index (χ4n) is 1.89. The molecule has 0 spiro atoms. The summed E-state index contributed by atoms with van der Waals surface area (Å²) in [4.78, 5) is 23.6. The van der Waals surface area contributed by atoms with Crippen molar-refractivity contribution in [1.82, 2.24) is 0 Å². The first kappa shape index (κ1) is 18.5. The van der Waals surface area contributed by atoms with Crippen LogP contribution in [0.25, 0.3) is 0 Å². The molecule has 0 heterocycles. The van der Waals surface area contributed by atoms with Crippen molar-refractivity contribution in [2.45, 2.75) is 20.8 Å². The topological polar surface area (TPSA) is 71.1 Å². The van der Waals surface area contributed by atoms with Gasteiger partial charge in [-0.3, -0.25) is 4.79 Å². The van der Waals surface area contributed by atoms with E-state index in [9.17, 15) is 9.59 Å². The third kappa shape index (κ3) is 5.32. The van der Waals surface area contributed by atoms with Crippen molar-refractivity contribution in [3.63, 3.8) is 0 Å². The van der Waals surface area contributed by atoms with Gasteiger partial charge in [-0.1, -0.05) is 0 Å². The van der Waals surface area contributed by atoms with E-state index in [-0.39, 0.29) is 5.56 Å². The quantitative estimate of drug-likeness (QED) is 0.395. The Labute approximate surface area is 136 Å². The van der Waals surface area contributed by atoms with E-state index < -0.39 is 11.8 Å². The molecule has 23 heavy (non-hydrogen) atoms. The average molecular weight is 322 g/mol. The Hall–Kier alpha value is -2.50. The summed E-state index contributed by atoms with van der Waals surface area (Å²) in [7, 11) is 1.24. The monoisotopic (exact) mass is 322 g/mol. The number of carbonyl (C=O) groups is 2. The molecule has 0 aliphatic heterocycles. The van der Waals surface area contributed by atoms with Crippen molar-refractivity contribution in [2.24, 2.45) is 0 Å². The van der Waals surface area contributed by atoms with Gasteiger partial charge in [0.15, 0.2) is 5.78 Å². The van der Waals surface area contributed by atoms with Crippen LogP contribution in [0.15, 0.2) is 24.3 Å². The van der Waals surface area contributed by atoms with Crippen LogP contribution in [0.1, 0.15) is 31.1 Å². The van der Waals surface area contributed by atoms with Crippen LogP contribution >= 0.6 is 0 Å². The molecule has 0 fully saturated rings. The van der Waals surface area contributed by atoms with Crippen molar-refractivity contribution < 1.29 is 28.5 Å². The average Bonchev–Trinajstić information content (AvgIpc) is 2.53. The molecule has 0 aliphatic rings.